The van der Waals surface area contributed by atoms with Crippen LogP contribution in [0.15, 0.2) is 40.5 Å². The summed E-state index contributed by atoms with van der Waals surface area (Å²) in [6.45, 7) is 5.87. The molecule has 0 unspecified atom stereocenters. The van der Waals surface area contributed by atoms with E-state index < -0.39 is 0 Å². The zero-order chi connectivity index (χ0) is 20.4. The number of carbonyl (C=O) groups excluding carboxylic acids is 1. The number of benzene rings is 1. The normalized spacial score (nSPS) is 16.2. The maximum atomic E-state index is 12.1. The van der Waals surface area contributed by atoms with Crippen LogP contribution in [-0.4, -0.2) is 35.7 Å². The maximum Gasteiger partial charge on any atom is 0.409 e. The van der Waals surface area contributed by atoms with Crippen molar-refractivity contribution in [1.82, 2.24) is 9.88 Å². The van der Waals surface area contributed by atoms with Crippen LogP contribution in [0, 0.1) is 0 Å². The van der Waals surface area contributed by atoms with Crippen LogP contribution < -0.4 is 0 Å². The van der Waals surface area contributed by atoms with E-state index in [1.807, 2.05) is 18.0 Å². The van der Waals surface area contributed by atoms with Crippen molar-refractivity contribution in [1.29, 1.82) is 0 Å². The first-order valence-corrected chi connectivity index (χ1v) is 11.3. The number of ether oxygens (including phenoxy) is 1. The van der Waals surface area contributed by atoms with Gasteiger partial charge in [-0.3, -0.25) is 4.98 Å². The number of carbonyl (C=O) groups is 1. The van der Waals surface area contributed by atoms with Crippen molar-refractivity contribution in [3.05, 3.63) is 68.5 Å². The summed E-state index contributed by atoms with van der Waals surface area (Å²) >= 11 is 3.59. The molecule has 0 spiro atoms. The van der Waals surface area contributed by atoms with E-state index in [1.54, 1.807) is 0 Å². The van der Waals surface area contributed by atoms with E-state index in [1.165, 1.54) is 33.4 Å². The lowest BCUT2D eigenvalue weighted by molar-refractivity contribution is 0.104. The van der Waals surface area contributed by atoms with E-state index >= 15 is 0 Å². The van der Waals surface area contributed by atoms with Crippen LogP contribution in [0.3, 0.4) is 0 Å². The number of hydrogen-bond donors (Lipinski definition) is 0. The number of fused-ring (bicyclic) bond motifs is 2. The molecule has 0 saturated carbocycles. The van der Waals surface area contributed by atoms with Crippen LogP contribution in [0.1, 0.15) is 54.6 Å². The average molecular weight is 455 g/mol. The van der Waals surface area contributed by atoms with Crippen molar-refractivity contribution in [2.75, 3.05) is 19.7 Å². The fourth-order valence-electron chi connectivity index (χ4n) is 4.39. The highest BCUT2D eigenvalue weighted by molar-refractivity contribution is 9.10. The molecule has 2 aromatic rings. The minimum absolute atomic E-state index is 0.201. The van der Waals surface area contributed by atoms with Crippen molar-refractivity contribution in [3.8, 4) is 0 Å². The smallest absolute Gasteiger partial charge is 0.409 e. The molecule has 4 rings (SSSR count). The number of halogens is 1. The molecule has 1 amide bonds. The van der Waals surface area contributed by atoms with Crippen LogP contribution in [0.25, 0.3) is 5.57 Å². The zero-order valence-electron chi connectivity index (χ0n) is 17.1. The molecule has 0 radical (unpaired) electrons. The molecule has 152 valence electrons. The predicted molar refractivity (Wildman–Crippen MR) is 119 cm³/mol. The number of piperidine rings is 1. The zero-order valence-corrected chi connectivity index (χ0v) is 18.7. The summed E-state index contributed by atoms with van der Waals surface area (Å²) in [6, 6.07) is 9.11. The van der Waals surface area contributed by atoms with Gasteiger partial charge in [0.1, 0.15) is 0 Å². The van der Waals surface area contributed by atoms with Crippen LogP contribution in [0.4, 0.5) is 4.79 Å². The fraction of sp³-hybridized carbons (Fsp3) is 0.417. The second-order valence-electron chi connectivity index (χ2n) is 7.67. The minimum Gasteiger partial charge on any atom is -0.450 e. The Morgan fingerprint density at radius 1 is 1.10 bits per heavy atom. The number of aryl methyl sites for hydroxylation is 3. The molecule has 29 heavy (non-hydrogen) atoms. The summed E-state index contributed by atoms with van der Waals surface area (Å²) in [5.41, 5.74) is 9.19. The Morgan fingerprint density at radius 2 is 1.86 bits per heavy atom. The summed E-state index contributed by atoms with van der Waals surface area (Å²) in [4.78, 5) is 18.8. The summed E-state index contributed by atoms with van der Waals surface area (Å²) < 4.78 is 6.21. The Hall–Kier alpha value is -2.14. The van der Waals surface area contributed by atoms with Crippen molar-refractivity contribution in [3.63, 3.8) is 0 Å². The molecule has 0 bridgehead atoms. The monoisotopic (exact) mass is 454 g/mol. The third-order valence-corrected chi connectivity index (χ3v) is 6.36. The Morgan fingerprint density at radius 3 is 2.59 bits per heavy atom. The number of likely N-dealkylation sites (tertiary alicyclic amines) is 1. The van der Waals surface area contributed by atoms with Gasteiger partial charge in [0.15, 0.2) is 0 Å². The Labute approximate surface area is 181 Å². The predicted octanol–water partition coefficient (Wildman–Crippen LogP) is 5.56. The molecule has 5 heteroatoms. The van der Waals surface area contributed by atoms with Gasteiger partial charge in [0.25, 0.3) is 0 Å². The average Bonchev–Trinajstić information content (AvgIpc) is 2.90. The molecular weight excluding hydrogens is 428 g/mol. The lowest BCUT2D eigenvalue weighted by Gasteiger charge is -2.29. The Bertz CT molecular complexity index is 957. The third kappa shape index (κ3) is 4.11. The number of nitrogens with zero attached hydrogens (tertiary/aromatic N) is 2. The summed E-state index contributed by atoms with van der Waals surface area (Å²) in [5.74, 6) is 0. The first kappa shape index (κ1) is 20.1. The van der Waals surface area contributed by atoms with Gasteiger partial charge < -0.3 is 9.64 Å². The molecule has 1 aliphatic carbocycles. The van der Waals surface area contributed by atoms with Gasteiger partial charge in [0, 0.05) is 29.3 Å². The lowest BCUT2D eigenvalue weighted by atomic mass is 9.88. The summed E-state index contributed by atoms with van der Waals surface area (Å²) in [5, 5.41) is 0. The molecule has 2 heterocycles. The number of rotatable bonds is 2. The van der Waals surface area contributed by atoms with Gasteiger partial charge in [-0.1, -0.05) is 30.7 Å². The van der Waals surface area contributed by atoms with E-state index in [9.17, 15) is 4.79 Å². The van der Waals surface area contributed by atoms with Crippen molar-refractivity contribution < 1.29 is 9.53 Å². The van der Waals surface area contributed by atoms with Crippen LogP contribution in [-0.2, 0) is 24.0 Å². The molecule has 1 aromatic carbocycles. The van der Waals surface area contributed by atoms with Gasteiger partial charge in [0.2, 0.25) is 0 Å². The first-order valence-electron chi connectivity index (χ1n) is 10.5. The third-order valence-electron chi connectivity index (χ3n) is 5.93. The van der Waals surface area contributed by atoms with Gasteiger partial charge in [-0.2, -0.15) is 0 Å². The highest BCUT2D eigenvalue weighted by Gasteiger charge is 2.27. The molecule has 1 saturated heterocycles. The number of hydrogen-bond acceptors (Lipinski definition) is 3. The van der Waals surface area contributed by atoms with Crippen molar-refractivity contribution in [2.24, 2.45) is 0 Å². The van der Waals surface area contributed by atoms with Gasteiger partial charge in [-0.05, 0) is 83.3 Å². The lowest BCUT2D eigenvalue weighted by Crippen LogP contribution is -2.37. The highest BCUT2D eigenvalue weighted by Crippen LogP contribution is 2.38. The highest BCUT2D eigenvalue weighted by atomic mass is 79.9. The molecule has 1 fully saturated rings. The second-order valence-corrected chi connectivity index (χ2v) is 8.59. The van der Waals surface area contributed by atoms with E-state index in [0.717, 1.165) is 42.3 Å². The van der Waals surface area contributed by atoms with E-state index in [2.05, 4.69) is 47.1 Å². The molecule has 0 N–H and O–H groups in total. The molecule has 2 aliphatic rings. The summed E-state index contributed by atoms with van der Waals surface area (Å²) in [6.07, 6.45) is 6.49. The molecule has 1 aliphatic heterocycles. The quantitative estimate of drug-likeness (QED) is 0.596. The molecule has 1 aromatic heterocycles. The fourth-order valence-corrected chi connectivity index (χ4v) is 4.77. The van der Waals surface area contributed by atoms with E-state index in [-0.39, 0.29) is 6.09 Å². The number of pyridine rings is 1. The van der Waals surface area contributed by atoms with E-state index in [4.69, 9.17) is 9.72 Å². The van der Waals surface area contributed by atoms with Gasteiger partial charge in [-0.25, -0.2) is 4.79 Å². The van der Waals surface area contributed by atoms with Gasteiger partial charge in [-0.15, -0.1) is 0 Å². The second kappa shape index (κ2) is 8.70. The Kier molecular flexibility index (Phi) is 6.04. The Balaban J connectivity index is 1.77. The van der Waals surface area contributed by atoms with Gasteiger partial charge in [0.05, 0.1) is 12.3 Å². The van der Waals surface area contributed by atoms with Gasteiger partial charge >= 0.3 is 6.09 Å². The van der Waals surface area contributed by atoms with Crippen molar-refractivity contribution >= 4 is 27.6 Å². The molecule has 4 nitrogen and oxygen atoms in total. The SMILES string of the molecule is CCOC(=O)N1CCC(=C2c3ccc(CC)cc3CCc3cc(Br)cnc32)CC1. The van der Waals surface area contributed by atoms with Crippen LogP contribution in [0.5, 0.6) is 0 Å². The minimum atomic E-state index is -0.201. The summed E-state index contributed by atoms with van der Waals surface area (Å²) in [7, 11) is 0. The van der Waals surface area contributed by atoms with E-state index in [0.29, 0.717) is 19.7 Å². The number of amides is 1. The first-order chi connectivity index (χ1) is 14.1. The molecular formula is C24H27BrN2O2. The largest absolute Gasteiger partial charge is 0.450 e. The standard InChI is InChI=1S/C24H27BrN2O2/c1-3-16-5-8-21-18(13-16)6-7-19-14-20(25)15-26-23(19)22(21)17-9-11-27(12-10-17)24(28)29-4-2/h5,8,13-15H,3-4,6-7,9-12H2,1-2H3. The topological polar surface area (TPSA) is 42.4 Å². The van der Waals surface area contributed by atoms with Crippen LogP contribution >= 0.6 is 15.9 Å². The molecule has 0 atom stereocenters. The maximum absolute atomic E-state index is 12.1. The van der Waals surface area contributed by atoms with Crippen molar-refractivity contribution in [2.45, 2.75) is 46.0 Å². The van der Waals surface area contributed by atoms with Crippen LogP contribution in [0.2, 0.25) is 0 Å². The number of aromatic nitrogens is 1.